The van der Waals surface area contributed by atoms with Gasteiger partial charge in [-0.25, -0.2) is 17.9 Å². The first-order valence-electron chi connectivity index (χ1n) is 7.56. The first-order valence-corrected chi connectivity index (χ1v) is 9.11. The molecule has 1 aliphatic carbocycles. The molecule has 1 atom stereocenters. The zero-order valence-electron chi connectivity index (χ0n) is 12.8. The van der Waals surface area contributed by atoms with E-state index in [1.165, 1.54) is 0 Å². The van der Waals surface area contributed by atoms with E-state index in [1.807, 2.05) is 24.3 Å². The van der Waals surface area contributed by atoms with Crippen LogP contribution in [0, 0.1) is 5.82 Å². The Balaban J connectivity index is 1.88. The zero-order chi connectivity index (χ0) is 17.3. The van der Waals surface area contributed by atoms with Crippen LogP contribution in [0.1, 0.15) is 29.9 Å². The molecular formula is C17H17FN2O3S. The molecule has 0 heterocycles. The number of primary sulfonamides is 1. The SMILES string of the molecule is NS(=O)(=O)c1cc(F)cc(NC(=O)C2CCCc3ccccc32)c1. The molecule has 3 rings (SSSR count). The van der Waals surface area contributed by atoms with Crippen LogP contribution in [-0.4, -0.2) is 14.3 Å². The predicted octanol–water partition coefficient (Wildman–Crippen LogP) is 2.53. The average Bonchev–Trinajstić information content (AvgIpc) is 2.53. The van der Waals surface area contributed by atoms with E-state index in [-0.39, 0.29) is 22.4 Å². The lowest BCUT2D eigenvalue weighted by Gasteiger charge is -2.24. The Morgan fingerprint density at radius 1 is 1.21 bits per heavy atom. The van der Waals surface area contributed by atoms with Crippen molar-refractivity contribution >= 4 is 21.6 Å². The Morgan fingerprint density at radius 2 is 1.96 bits per heavy atom. The van der Waals surface area contributed by atoms with Gasteiger partial charge in [0, 0.05) is 5.69 Å². The number of anilines is 1. The Morgan fingerprint density at radius 3 is 2.71 bits per heavy atom. The van der Waals surface area contributed by atoms with Crippen molar-refractivity contribution in [2.45, 2.75) is 30.1 Å². The number of carbonyl (C=O) groups excluding carboxylic acids is 1. The highest BCUT2D eigenvalue weighted by atomic mass is 32.2. The molecule has 5 nitrogen and oxygen atoms in total. The minimum Gasteiger partial charge on any atom is -0.325 e. The Kier molecular flexibility index (Phi) is 4.38. The van der Waals surface area contributed by atoms with Gasteiger partial charge >= 0.3 is 0 Å². The standard InChI is InChI=1S/C17H17FN2O3S/c18-12-8-13(10-14(9-12)24(19,22)23)20-17(21)16-7-3-5-11-4-1-2-6-15(11)16/h1-2,4,6,8-10,16H,3,5,7H2,(H,20,21)(H2,19,22,23). The molecule has 3 N–H and O–H groups in total. The molecule has 0 bridgehead atoms. The molecule has 0 radical (unpaired) electrons. The topological polar surface area (TPSA) is 89.3 Å². The molecule has 1 amide bonds. The van der Waals surface area contributed by atoms with E-state index in [9.17, 15) is 17.6 Å². The molecule has 0 saturated heterocycles. The number of nitrogens with two attached hydrogens (primary N) is 1. The number of nitrogens with one attached hydrogen (secondary N) is 1. The van der Waals surface area contributed by atoms with Crippen LogP contribution in [0.4, 0.5) is 10.1 Å². The summed E-state index contributed by atoms with van der Waals surface area (Å²) in [4.78, 5) is 12.2. The lowest BCUT2D eigenvalue weighted by molar-refractivity contribution is -0.117. The van der Waals surface area contributed by atoms with Crippen LogP contribution in [-0.2, 0) is 21.2 Å². The van der Waals surface area contributed by atoms with Gasteiger partial charge in [0.05, 0.1) is 10.8 Å². The van der Waals surface area contributed by atoms with Crippen molar-refractivity contribution in [3.8, 4) is 0 Å². The summed E-state index contributed by atoms with van der Waals surface area (Å²) in [7, 11) is -4.05. The van der Waals surface area contributed by atoms with Gasteiger partial charge < -0.3 is 5.32 Å². The van der Waals surface area contributed by atoms with Crippen molar-refractivity contribution in [1.29, 1.82) is 0 Å². The van der Waals surface area contributed by atoms with E-state index < -0.39 is 15.8 Å². The first-order chi connectivity index (χ1) is 11.3. The number of fused-ring (bicyclic) bond motifs is 1. The van der Waals surface area contributed by atoms with E-state index in [0.717, 1.165) is 42.2 Å². The van der Waals surface area contributed by atoms with Gasteiger partial charge in [-0.2, -0.15) is 0 Å². The molecule has 2 aromatic rings. The first kappa shape index (κ1) is 16.6. The fraction of sp³-hybridized carbons (Fsp3) is 0.235. The maximum Gasteiger partial charge on any atom is 0.238 e. The van der Waals surface area contributed by atoms with Crippen molar-refractivity contribution in [3.63, 3.8) is 0 Å². The summed E-state index contributed by atoms with van der Waals surface area (Å²) in [6, 6.07) is 10.8. The lowest BCUT2D eigenvalue weighted by atomic mass is 9.82. The van der Waals surface area contributed by atoms with E-state index in [2.05, 4.69) is 5.32 Å². The van der Waals surface area contributed by atoms with Gasteiger partial charge in [0.1, 0.15) is 5.82 Å². The monoisotopic (exact) mass is 348 g/mol. The van der Waals surface area contributed by atoms with Crippen LogP contribution in [0.15, 0.2) is 47.4 Å². The van der Waals surface area contributed by atoms with Crippen LogP contribution < -0.4 is 10.5 Å². The van der Waals surface area contributed by atoms with Gasteiger partial charge in [-0.05, 0) is 48.6 Å². The highest BCUT2D eigenvalue weighted by Crippen LogP contribution is 2.32. The number of carbonyl (C=O) groups is 1. The van der Waals surface area contributed by atoms with Crippen LogP contribution in [0.3, 0.4) is 0 Å². The highest BCUT2D eigenvalue weighted by molar-refractivity contribution is 7.89. The van der Waals surface area contributed by atoms with Crippen molar-refractivity contribution in [1.82, 2.24) is 0 Å². The summed E-state index contributed by atoms with van der Waals surface area (Å²) in [5.74, 6) is -1.40. The predicted molar refractivity (Wildman–Crippen MR) is 88.5 cm³/mol. The number of aryl methyl sites for hydroxylation is 1. The number of hydrogen-bond acceptors (Lipinski definition) is 3. The number of rotatable bonds is 3. The molecule has 1 aliphatic rings. The molecule has 1 unspecified atom stereocenters. The Labute approximate surface area is 139 Å². The molecule has 0 saturated carbocycles. The van der Waals surface area contributed by atoms with Gasteiger partial charge in [0.15, 0.2) is 0 Å². The Hall–Kier alpha value is -2.25. The van der Waals surface area contributed by atoms with Crippen LogP contribution in [0.2, 0.25) is 0 Å². The third-order valence-corrected chi connectivity index (χ3v) is 5.05. The summed E-state index contributed by atoms with van der Waals surface area (Å²) < 4.78 is 36.4. The second-order valence-electron chi connectivity index (χ2n) is 5.85. The summed E-state index contributed by atoms with van der Waals surface area (Å²) >= 11 is 0. The normalized spacial score (nSPS) is 17.2. The quantitative estimate of drug-likeness (QED) is 0.893. The second kappa shape index (κ2) is 6.33. The second-order valence-corrected chi connectivity index (χ2v) is 7.41. The van der Waals surface area contributed by atoms with E-state index in [4.69, 9.17) is 5.14 Å². The minimum absolute atomic E-state index is 0.0760. The Bertz CT molecular complexity index is 896. The maximum atomic E-state index is 13.6. The fourth-order valence-electron chi connectivity index (χ4n) is 3.05. The van der Waals surface area contributed by atoms with Gasteiger partial charge in [-0.3, -0.25) is 4.79 Å². The number of amides is 1. The zero-order valence-corrected chi connectivity index (χ0v) is 13.6. The van der Waals surface area contributed by atoms with Crippen LogP contribution >= 0.6 is 0 Å². The molecule has 7 heteroatoms. The summed E-state index contributed by atoms with van der Waals surface area (Å²) in [6.07, 6.45) is 2.51. The van der Waals surface area contributed by atoms with Crippen molar-refractivity contribution in [2.24, 2.45) is 5.14 Å². The van der Waals surface area contributed by atoms with Crippen molar-refractivity contribution < 1.29 is 17.6 Å². The number of sulfonamides is 1. The molecule has 126 valence electrons. The molecule has 2 aromatic carbocycles. The number of halogens is 1. The van der Waals surface area contributed by atoms with Crippen LogP contribution in [0.25, 0.3) is 0 Å². The number of hydrogen-bond donors (Lipinski definition) is 2. The van der Waals surface area contributed by atoms with Gasteiger partial charge in [0.25, 0.3) is 0 Å². The number of benzene rings is 2. The van der Waals surface area contributed by atoms with E-state index in [0.29, 0.717) is 6.42 Å². The lowest BCUT2D eigenvalue weighted by Crippen LogP contribution is -2.25. The van der Waals surface area contributed by atoms with Crippen LogP contribution in [0.5, 0.6) is 0 Å². The average molecular weight is 348 g/mol. The third kappa shape index (κ3) is 3.47. The fourth-order valence-corrected chi connectivity index (χ4v) is 3.62. The highest BCUT2D eigenvalue weighted by Gasteiger charge is 2.26. The summed E-state index contributed by atoms with van der Waals surface area (Å²) in [6.45, 7) is 0. The van der Waals surface area contributed by atoms with Gasteiger partial charge in [0.2, 0.25) is 15.9 Å². The summed E-state index contributed by atoms with van der Waals surface area (Å²) in [5, 5.41) is 7.63. The largest absolute Gasteiger partial charge is 0.325 e. The van der Waals surface area contributed by atoms with Gasteiger partial charge in [-0.1, -0.05) is 24.3 Å². The molecule has 24 heavy (non-hydrogen) atoms. The maximum absolute atomic E-state index is 13.6. The third-order valence-electron chi connectivity index (χ3n) is 4.15. The summed E-state index contributed by atoms with van der Waals surface area (Å²) in [5.41, 5.74) is 2.17. The minimum atomic E-state index is -4.05. The molecule has 0 aliphatic heterocycles. The molecule has 0 aromatic heterocycles. The van der Waals surface area contributed by atoms with Gasteiger partial charge in [-0.15, -0.1) is 0 Å². The molecule has 0 fully saturated rings. The molecule has 0 spiro atoms. The van der Waals surface area contributed by atoms with E-state index in [1.54, 1.807) is 0 Å². The van der Waals surface area contributed by atoms with Crippen molar-refractivity contribution in [2.75, 3.05) is 5.32 Å². The smallest absolute Gasteiger partial charge is 0.238 e. The molecular weight excluding hydrogens is 331 g/mol. The van der Waals surface area contributed by atoms with E-state index >= 15 is 0 Å². The van der Waals surface area contributed by atoms with Crippen molar-refractivity contribution in [3.05, 3.63) is 59.4 Å².